The van der Waals surface area contributed by atoms with Crippen molar-refractivity contribution in [3.8, 4) is 0 Å². The zero-order valence-electron chi connectivity index (χ0n) is 10.8. The van der Waals surface area contributed by atoms with E-state index in [0.29, 0.717) is 12.1 Å². The van der Waals surface area contributed by atoms with Crippen molar-refractivity contribution in [2.45, 2.75) is 51.1 Å². The van der Waals surface area contributed by atoms with Gasteiger partial charge in [-0.25, -0.2) is 0 Å². The first kappa shape index (κ1) is 12.8. The minimum absolute atomic E-state index is 0.210. The average molecular weight is 240 g/mol. The van der Waals surface area contributed by atoms with E-state index in [-0.39, 0.29) is 12.5 Å². The largest absolute Gasteiger partial charge is 0.395 e. The SMILES string of the molecule is CC(=O)N(C[C@H]1CCCCN1CCO)C1CC1. The van der Waals surface area contributed by atoms with Crippen molar-refractivity contribution < 1.29 is 9.90 Å². The predicted octanol–water partition coefficient (Wildman–Crippen LogP) is 0.844. The molecule has 2 aliphatic rings. The Morgan fingerprint density at radius 1 is 1.35 bits per heavy atom. The summed E-state index contributed by atoms with van der Waals surface area (Å²) in [6.07, 6.45) is 5.98. The molecule has 1 N–H and O–H groups in total. The maximum atomic E-state index is 11.6. The molecule has 1 aliphatic carbocycles. The zero-order valence-corrected chi connectivity index (χ0v) is 10.8. The molecule has 1 amide bonds. The molecule has 98 valence electrons. The van der Waals surface area contributed by atoms with E-state index in [4.69, 9.17) is 5.11 Å². The molecule has 4 nitrogen and oxygen atoms in total. The maximum absolute atomic E-state index is 11.6. The summed E-state index contributed by atoms with van der Waals surface area (Å²) in [6.45, 7) is 4.58. The van der Waals surface area contributed by atoms with Gasteiger partial charge in [0.2, 0.25) is 5.91 Å². The fourth-order valence-corrected chi connectivity index (χ4v) is 2.84. The van der Waals surface area contributed by atoms with Gasteiger partial charge in [0.1, 0.15) is 0 Å². The van der Waals surface area contributed by atoms with E-state index >= 15 is 0 Å². The second kappa shape index (κ2) is 5.83. The number of aliphatic hydroxyl groups excluding tert-OH is 1. The molecule has 0 aromatic carbocycles. The number of hydrogen-bond donors (Lipinski definition) is 1. The number of aliphatic hydroxyl groups is 1. The molecule has 2 rings (SSSR count). The van der Waals surface area contributed by atoms with Gasteiger partial charge in [-0.15, -0.1) is 0 Å². The second-order valence-corrected chi connectivity index (χ2v) is 5.31. The van der Waals surface area contributed by atoms with Crippen LogP contribution in [0, 0.1) is 0 Å². The van der Waals surface area contributed by atoms with Gasteiger partial charge in [0.25, 0.3) is 0 Å². The van der Waals surface area contributed by atoms with Crippen LogP contribution < -0.4 is 0 Å². The van der Waals surface area contributed by atoms with Crippen LogP contribution in [0.2, 0.25) is 0 Å². The van der Waals surface area contributed by atoms with Crippen LogP contribution in [-0.4, -0.2) is 59.1 Å². The van der Waals surface area contributed by atoms with Crippen molar-refractivity contribution in [2.24, 2.45) is 0 Å². The van der Waals surface area contributed by atoms with Crippen molar-refractivity contribution in [3.05, 3.63) is 0 Å². The molecular weight excluding hydrogens is 216 g/mol. The molecule has 1 heterocycles. The highest BCUT2D eigenvalue weighted by atomic mass is 16.3. The van der Waals surface area contributed by atoms with Crippen LogP contribution in [0.5, 0.6) is 0 Å². The Balaban J connectivity index is 1.91. The van der Waals surface area contributed by atoms with E-state index in [1.807, 2.05) is 4.90 Å². The Kier molecular flexibility index (Phi) is 4.40. The standard InChI is InChI=1S/C13H24N2O2/c1-11(17)15(12-5-6-12)10-13-4-2-3-7-14(13)8-9-16/h12-13,16H,2-10H2,1H3/t13-/m1/s1. The van der Waals surface area contributed by atoms with Crippen LogP contribution >= 0.6 is 0 Å². The van der Waals surface area contributed by atoms with Gasteiger partial charge < -0.3 is 10.0 Å². The number of rotatable bonds is 5. The Hall–Kier alpha value is -0.610. The lowest BCUT2D eigenvalue weighted by molar-refractivity contribution is -0.130. The second-order valence-electron chi connectivity index (χ2n) is 5.31. The summed E-state index contributed by atoms with van der Waals surface area (Å²) >= 11 is 0. The summed E-state index contributed by atoms with van der Waals surface area (Å²) in [4.78, 5) is 16.0. The van der Waals surface area contributed by atoms with Crippen LogP contribution in [0.4, 0.5) is 0 Å². The molecule has 0 spiro atoms. The number of carbonyl (C=O) groups excluding carboxylic acids is 1. The Morgan fingerprint density at radius 2 is 2.12 bits per heavy atom. The van der Waals surface area contributed by atoms with Crippen molar-refractivity contribution in [1.29, 1.82) is 0 Å². The number of hydrogen-bond acceptors (Lipinski definition) is 3. The van der Waals surface area contributed by atoms with Gasteiger partial charge in [0.05, 0.1) is 6.61 Å². The van der Waals surface area contributed by atoms with E-state index in [1.165, 1.54) is 25.7 Å². The molecule has 0 bridgehead atoms. The third-order valence-corrected chi connectivity index (χ3v) is 3.94. The maximum Gasteiger partial charge on any atom is 0.219 e. The number of nitrogens with zero attached hydrogens (tertiary/aromatic N) is 2. The lowest BCUT2D eigenvalue weighted by atomic mass is 10.0. The van der Waals surface area contributed by atoms with Crippen molar-refractivity contribution in [2.75, 3.05) is 26.2 Å². The third-order valence-electron chi connectivity index (χ3n) is 3.94. The smallest absolute Gasteiger partial charge is 0.219 e. The lowest BCUT2D eigenvalue weighted by Crippen LogP contribution is -2.49. The Bertz CT molecular complexity index is 264. The summed E-state index contributed by atoms with van der Waals surface area (Å²) in [6, 6.07) is 0.964. The van der Waals surface area contributed by atoms with Crippen LogP contribution in [0.15, 0.2) is 0 Å². The van der Waals surface area contributed by atoms with Gasteiger partial charge in [-0.05, 0) is 32.2 Å². The Morgan fingerprint density at radius 3 is 2.71 bits per heavy atom. The quantitative estimate of drug-likeness (QED) is 0.774. The number of β-amino-alcohol motifs (C(OH)–C–C–N with tert-alkyl or cyclic N) is 1. The van der Waals surface area contributed by atoms with E-state index in [1.54, 1.807) is 6.92 Å². The molecule has 1 aliphatic heterocycles. The summed E-state index contributed by atoms with van der Waals surface area (Å²) in [7, 11) is 0. The highest BCUT2D eigenvalue weighted by molar-refractivity contribution is 5.74. The van der Waals surface area contributed by atoms with E-state index in [0.717, 1.165) is 26.1 Å². The van der Waals surface area contributed by atoms with Crippen molar-refractivity contribution >= 4 is 5.91 Å². The minimum atomic E-state index is 0.210. The minimum Gasteiger partial charge on any atom is -0.395 e. The van der Waals surface area contributed by atoms with Gasteiger partial charge in [-0.1, -0.05) is 6.42 Å². The van der Waals surface area contributed by atoms with Crippen molar-refractivity contribution in [1.82, 2.24) is 9.80 Å². The fourth-order valence-electron chi connectivity index (χ4n) is 2.84. The molecule has 1 atom stereocenters. The molecule has 17 heavy (non-hydrogen) atoms. The molecule has 0 radical (unpaired) electrons. The Labute approximate surface area is 104 Å². The van der Waals surface area contributed by atoms with Crippen LogP contribution in [0.25, 0.3) is 0 Å². The zero-order chi connectivity index (χ0) is 12.3. The topological polar surface area (TPSA) is 43.8 Å². The average Bonchev–Trinajstić information content (AvgIpc) is 3.12. The summed E-state index contributed by atoms with van der Waals surface area (Å²) in [5.41, 5.74) is 0. The lowest BCUT2D eigenvalue weighted by Gasteiger charge is -2.38. The van der Waals surface area contributed by atoms with Crippen molar-refractivity contribution in [3.63, 3.8) is 0 Å². The highest BCUT2D eigenvalue weighted by Gasteiger charge is 2.34. The monoisotopic (exact) mass is 240 g/mol. The third kappa shape index (κ3) is 3.42. The highest BCUT2D eigenvalue weighted by Crippen LogP contribution is 2.28. The van der Waals surface area contributed by atoms with Gasteiger partial charge in [-0.3, -0.25) is 9.69 Å². The molecular formula is C13H24N2O2. The van der Waals surface area contributed by atoms with Gasteiger partial charge in [0.15, 0.2) is 0 Å². The van der Waals surface area contributed by atoms with Crippen LogP contribution in [0.1, 0.15) is 39.0 Å². The molecule has 2 fully saturated rings. The summed E-state index contributed by atoms with van der Waals surface area (Å²) in [5, 5.41) is 9.08. The molecule has 4 heteroatoms. The van der Waals surface area contributed by atoms with Crippen LogP contribution in [0.3, 0.4) is 0 Å². The first-order valence-electron chi connectivity index (χ1n) is 6.84. The molecule has 0 unspecified atom stereocenters. The van der Waals surface area contributed by atoms with Crippen LogP contribution in [-0.2, 0) is 4.79 Å². The number of piperidine rings is 1. The first-order chi connectivity index (χ1) is 8.22. The number of carbonyl (C=O) groups is 1. The molecule has 0 aromatic rings. The first-order valence-corrected chi connectivity index (χ1v) is 6.84. The van der Waals surface area contributed by atoms with Gasteiger partial charge >= 0.3 is 0 Å². The van der Waals surface area contributed by atoms with Gasteiger partial charge in [-0.2, -0.15) is 0 Å². The van der Waals surface area contributed by atoms with E-state index in [2.05, 4.69) is 4.90 Å². The molecule has 1 saturated carbocycles. The number of amides is 1. The normalized spacial score (nSPS) is 25.9. The van der Waals surface area contributed by atoms with E-state index in [9.17, 15) is 4.79 Å². The van der Waals surface area contributed by atoms with Gasteiger partial charge in [0, 0.05) is 32.1 Å². The fraction of sp³-hybridized carbons (Fsp3) is 0.923. The number of likely N-dealkylation sites (tertiary alicyclic amines) is 1. The summed E-state index contributed by atoms with van der Waals surface area (Å²) < 4.78 is 0. The molecule has 0 aromatic heterocycles. The van der Waals surface area contributed by atoms with E-state index < -0.39 is 0 Å². The predicted molar refractivity (Wildman–Crippen MR) is 66.7 cm³/mol. The molecule has 1 saturated heterocycles. The summed E-state index contributed by atoms with van der Waals surface area (Å²) in [5.74, 6) is 0.210.